The summed E-state index contributed by atoms with van der Waals surface area (Å²) in [6, 6.07) is 9.80. The number of carbonyl (C=O) groups is 2. The molecule has 0 fully saturated rings. The lowest BCUT2D eigenvalue weighted by molar-refractivity contribution is 0.0845. The molecule has 0 bridgehead atoms. The number of primary sulfonamides is 1. The monoisotopic (exact) mass is 383 g/mol. The number of nitrogens with one attached hydrogen (secondary N) is 2. The summed E-state index contributed by atoms with van der Waals surface area (Å²) >= 11 is 5.90. The standard InChI is InChI=1S/C15H14ClN3O5S/c1-24-13-7-6-9(25(17,22)23)8-11(13)15(21)19-18-14(20)10-4-2-3-5-12(10)16/h2-8H,1H3,(H,18,20)(H,19,21)(H2,17,22,23). The van der Waals surface area contributed by atoms with Gasteiger partial charge in [0.2, 0.25) is 10.0 Å². The summed E-state index contributed by atoms with van der Waals surface area (Å²) in [5, 5.41) is 5.26. The van der Waals surface area contributed by atoms with Crippen molar-refractivity contribution < 1.29 is 22.7 Å². The molecule has 0 aliphatic heterocycles. The van der Waals surface area contributed by atoms with Crippen LogP contribution in [0, 0.1) is 0 Å². The first kappa shape index (κ1) is 18.7. The molecule has 0 spiro atoms. The van der Waals surface area contributed by atoms with Gasteiger partial charge in [-0.1, -0.05) is 23.7 Å². The lowest BCUT2D eigenvalue weighted by atomic mass is 10.2. The number of hydrazine groups is 1. The molecule has 2 amide bonds. The number of nitrogens with two attached hydrogens (primary N) is 1. The summed E-state index contributed by atoms with van der Waals surface area (Å²) in [4.78, 5) is 24.0. The van der Waals surface area contributed by atoms with Crippen molar-refractivity contribution in [3.05, 3.63) is 58.6 Å². The van der Waals surface area contributed by atoms with E-state index in [4.69, 9.17) is 21.5 Å². The first-order valence-corrected chi connectivity index (χ1v) is 8.72. The number of halogens is 1. The average molecular weight is 384 g/mol. The van der Waals surface area contributed by atoms with Crippen LogP contribution in [-0.2, 0) is 10.0 Å². The van der Waals surface area contributed by atoms with Gasteiger partial charge in [-0.15, -0.1) is 0 Å². The van der Waals surface area contributed by atoms with Gasteiger partial charge < -0.3 is 4.74 Å². The van der Waals surface area contributed by atoms with Crippen LogP contribution in [0.15, 0.2) is 47.4 Å². The molecule has 2 aromatic carbocycles. The molecule has 0 heterocycles. The zero-order valence-corrected chi connectivity index (χ0v) is 14.5. The fourth-order valence-corrected chi connectivity index (χ4v) is 2.70. The number of methoxy groups -OCH3 is 1. The van der Waals surface area contributed by atoms with E-state index in [1.807, 2.05) is 0 Å². The van der Waals surface area contributed by atoms with E-state index in [1.165, 1.54) is 31.4 Å². The molecular formula is C15H14ClN3O5S. The Hall–Kier alpha value is -2.62. The van der Waals surface area contributed by atoms with Crippen LogP contribution in [0.1, 0.15) is 20.7 Å². The predicted octanol–water partition coefficient (Wildman–Crippen LogP) is 1.07. The van der Waals surface area contributed by atoms with Gasteiger partial charge in [0.15, 0.2) is 0 Å². The summed E-state index contributed by atoms with van der Waals surface area (Å²) in [5.74, 6) is -1.32. The van der Waals surface area contributed by atoms with Crippen molar-refractivity contribution in [1.29, 1.82) is 0 Å². The molecule has 10 heteroatoms. The fourth-order valence-electron chi connectivity index (χ4n) is 1.94. The summed E-state index contributed by atoms with van der Waals surface area (Å²) in [5.41, 5.74) is 4.40. The zero-order chi connectivity index (χ0) is 18.6. The van der Waals surface area contributed by atoms with Crippen LogP contribution in [0.3, 0.4) is 0 Å². The summed E-state index contributed by atoms with van der Waals surface area (Å²) < 4.78 is 27.8. The Morgan fingerprint density at radius 2 is 1.64 bits per heavy atom. The zero-order valence-electron chi connectivity index (χ0n) is 12.9. The molecule has 132 valence electrons. The van der Waals surface area contributed by atoms with Crippen LogP contribution in [0.25, 0.3) is 0 Å². The van der Waals surface area contributed by atoms with Crippen LogP contribution >= 0.6 is 11.6 Å². The molecule has 4 N–H and O–H groups in total. The van der Waals surface area contributed by atoms with E-state index in [1.54, 1.807) is 12.1 Å². The predicted molar refractivity (Wildman–Crippen MR) is 90.8 cm³/mol. The maximum Gasteiger partial charge on any atom is 0.273 e. The first-order chi connectivity index (χ1) is 11.7. The molecule has 8 nitrogen and oxygen atoms in total. The van der Waals surface area contributed by atoms with Gasteiger partial charge in [0, 0.05) is 0 Å². The number of sulfonamides is 1. The summed E-state index contributed by atoms with van der Waals surface area (Å²) in [6.07, 6.45) is 0. The fraction of sp³-hybridized carbons (Fsp3) is 0.0667. The number of amides is 2. The maximum atomic E-state index is 12.2. The Morgan fingerprint density at radius 1 is 1.04 bits per heavy atom. The minimum Gasteiger partial charge on any atom is -0.496 e. The van der Waals surface area contributed by atoms with Crippen molar-refractivity contribution >= 4 is 33.4 Å². The number of hydrogen-bond acceptors (Lipinski definition) is 5. The number of ether oxygens (including phenoxy) is 1. The number of rotatable bonds is 4. The highest BCUT2D eigenvalue weighted by Crippen LogP contribution is 2.21. The van der Waals surface area contributed by atoms with E-state index < -0.39 is 21.8 Å². The molecule has 0 radical (unpaired) electrons. The molecule has 0 unspecified atom stereocenters. The Balaban J connectivity index is 2.20. The number of benzene rings is 2. The van der Waals surface area contributed by atoms with Crippen LogP contribution in [0.4, 0.5) is 0 Å². The van der Waals surface area contributed by atoms with Gasteiger partial charge in [-0.25, -0.2) is 13.6 Å². The second-order valence-corrected chi connectivity index (χ2v) is 6.76. The smallest absolute Gasteiger partial charge is 0.273 e. The summed E-state index contributed by atoms with van der Waals surface area (Å²) in [6.45, 7) is 0. The Bertz CT molecular complexity index is 931. The van der Waals surface area contributed by atoms with Crippen LogP contribution < -0.4 is 20.7 Å². The highest BCUT2D eigenvalue weighted by Gasteiger charge is 2.18. The third-order valence-electron chi connectivity index (χ3n) is 3.15. The van der Waals surface area contributed by atoms with E-state index in [-0.39, 0.29) is 26.8 Å². The van der Waals surface area contributed by atoms with Gasteiger partial charge in [0.1, 0.15) is 5.75 Å². The molecule has 2 rings (SSSR count). The molecule has 0 aromatic heterocycles. The highest BCUT2D eigenvalue weighted by atomic mass is 35.5. The van der Waals surface area contributed by atoms with Gasteiger partial charge in [-0.3, -0.25) is 20.4 Å². The molecule has 0 saturated carbocycles. The minimum atomic E-state index is -4.00. The van der Waals surface area contributed by atoms with Crippen molar-refractivity contribution in [1.82, 2.24) is 10.9 Å². The lowest BCUT2D eigenvalue weighted by Gasteiger charge is -2.12. The molecule has 0 saturated heterocycles. The molecule has 0 aliphatic carbocycles. The Kier molecular flexibility index (Phi) is 5.62. The van der Waals surface area contributed by atoms with Crippen molar-refractivity contribution in [2.45, 2.75) is 4.90 Å². The Morgan fingerprint density at radius 3 is 2.20 bits per heavy atom. The first-order valence-electron chi connectivity index (χ1n) is 6.80. The van der Waals surface area contributed by atoms with Crippen molar-refractivity contribution in [2.24, 2.45) is 5.14 Å². The molecule has 2 aromatic rings. The van der Waals surface area contributed by atoms with E-state index >= 15 is 0 Å². The maximum absolute atomic E-state index is 12.2. The quantitative estimate of drug-likeness (QED) is 0.680. The van der Waals surface area contributed by atoms with Gasteiger partial charge in [0.25, 0.3) is 11.8 Å². The van der Waals surface area contributed by atoms with Crippen LogP contribution in [-0.4, -0.2) is 27.3 Å². The second-order valence-electron chi connectivity index (χ2n) is 4.80. The van der Waals surface area contributed by atoms with Gasteiger partial charge in [-0.05, 0) is 30.3 Å². The van der Waals surface area contributed by atoms with Gasteiger partial charge in [0.05, 0.1) is 28.2 Å². The molecule has 25 heavy (non-hydrogen) atoms. The molecule has 0 aliphatic rings. The molecule has 0 atom stereocenters. The minimum absolute atomic E-state index is 0.108. The number of carbonyl (C=O) groups excluding carboxylic acids is 2. The summed E-state index contributed by atoms with van der Waals surface area (Å²) in [7, 11) is -2.69. The largest absolute Gasteiger partial charge is 0.496 e. The number of hydrogen-bond donors (Lipinski definition) is 3. The van der Waals surface area contributed by atoms with Gasteiger partial charge >= 0.3 is 0 Å². The third kappa shape index (κ3) is 4.47. The SMILES string of the molecule is COc1ccc(S(N)(=O)=O)cc1C(=O)NNC(=O)c1ccccc1Cl. The lowest BCUT2D eigenvalue weighted by Crippen LogP contribution is -2.41. The normalized spacial score (nSPS) is 10.8. The molecular weight excluding hydrogens is 370 g/mol. The van der Waals surface area contributed by atoms with E-state index in [9.17, 15) is 18.0 Å². The second kappa shape index (κ2) is 7.51. The average Bonchev–Trinajstić information content (AvgIpc) is 2.58. The van der Waals surface area contributed by atoms with E-state index in [0.717, 1.165) is 6.07 Å². The van der Waals surface area contributed by atoms with Crippen LogP contribution in [0.2, 0.25) is 5.02 Å². The highest BCUT2D eigenvalue weighted by molar-refractivity contribution is 7.89. The van der Waals surface area contributed by atoms with Crippen molar-refractivity contribution in [3.8, 4) is 5.75 Å². The van der Waals surface area contributed by atoms with E-state index in [2.05, 4.69) is 10.9 Å². The van der Waals surface area contributed by atoms with Gasteiger partial charge in [-0.2, -0.15) is 0 Å². The van der Waals surface area contributed by atoms with Crippen molar-refractivity contribution in [2.75, 3.05) is 7.11 Å². The van der Waals surface area contributed by atoms with Crippen molar-refractivity contribution in [3.63, 3.8) is 0 Å². The Labute approximate surface area is 148 Å². The van der Waals surface area contributed by atoms with Crippen LogP contribution in [0.5, 0.6) is 5.75 Å². The van der Waals surface area contributed by atoms with E-state index in [0.29, 0.717) is 0 Å². The third-order valence-corrected chi connectivity index (χ3v) is 4.39. The topological polar surface area (TPSA) is 128 Å².